The van der Waals surface area contributed by atoms with Crippen molar-refractivity contribution in [3.63, 3.8) is 0 Å². The Kier molecular flexibility index (Phi) is 4.46. The first kappa shape index (κ1) is 18.6. The summed E-state index contributed by atoms with van der Waals surface area (Å²) in [6, 6.07) is 10.2. The van der Waals surface area contributed by atoms with Crippen LogP contribution in [0.3, 0.4) is 0 Å². The number of hydrogen-bond donors (Lipinski definition) is 2. The molecule has 0 aliphatic carbocycles. The molecule has 2 amide bonds. The largest absolute Gasteiger partial charge is 0.442 e. The van der Waals surface area contributed by atoms with Crippen LogP contribution < -0.4 is 10.6 Å². The van der Waals surface area contributed by atoms with Crippen molar-refractivity contribution >= 4 is 17.6 Å². The smallest absolute Gasteiger partial charge is 0.312 e. The number of rotatable bonds is 3. The summed E-state index contributed by atoms with van der Waals surface area (Å²) in [4.78, 5) is 27.9. The Morgan fingerprint density at radius 1 is 1.07 bits per heavy atom. The molecule has 0 saturated carbocycles. The number of amidine groups is 1. The van der Waals surface area contributed by atoms with Gasteiger partial charge in [0, 0.05) is 11.1 Å². The Morgan fingerprint density at radius 2 is 1.67 bits per heavy atom. The number of carbonyl (C=O) groups excluding carboxylic acids is 2. The van der Waals surface area contributed by atoms with Gasteiger partial charge in [-0.3, -0.25) is 9.59 Å². The summed E-state index contributed by atoms with van der Waals surface area (Å²) >= 11 is 0. The number of halogens is 4. The minimum Gasteiger partial charge on any atom is -0.312 e. The Balaban J connectivity index is 1.99. The minimum absolute atomic E-state index is 0.244. The number of benzene rings is 2. The molecule has 2 aromatic carbocycles. The average Bonchev–Trinajstić information content (AvgIpc) is 2.93. The predicted octanol–water partition coefficient (Wildman–Crippen LogP) is 2.70. The fourth-order valence-electron chi connectivity index (χ4n) is 2.48. The normalized spacial score (nSPS) is 19.4. The Bertz CT molecular complexity index is 921. The van der Waals surface area contributed by atoms with Gasteiger partial charge in [0.25, 0.3) is 11.8 Å². The van der Waals surface area contributed by atoms with Crippen molar-refractivity contribution in [2.24, 2.45) is 4.99 Å². The van der Waals surface area contributed by atoms with Gasteiger partial charge >= 0.3 is 11.8 Å². The highest BCUT2D eigenvalue weighted by Gasteiger charge is 2.65. The third-order valence-electron chi connectivity index (χ3n) is 3.98. The van der Waals surface area contributed by atoms with Crippen LogP contribution in [0, 0.1) is 12.7 Å². The summed E-state index contributed by atoms with van der Waals surface area (Å²) in [6.45, 7) is 1.79. The monoisotopic (exact) mass is 379 g/mol. The Morgan fingerprint density at radius 3 is 2.22 bits per heavy atom. The van der Waals surface area contributed by atoms with E-state index in [9.17, 15) is 27.2 Å². The van der Waals surface area contributed by atoms with Crippen LogP contribution in [0.2, 0.25) is 0 Å². The van der Waals surface area contributed by atoms with E-state index in [2.05, 4.69) is 10.3 Å². The van der Waals surface area contributed by atoms with E-state index < -0.39 is 29.5 Å². The molecule has 0 spiro atoms. The van der Waals surface area contributed by atoms with Crippen LogP contribution >= 0.6 is 0 Å². The van der Waals surface area contributed by atoms with E-state index in [1.807, 2.05) is 0 Å². The maximum absolute atomic E-state index is 13.7. The van der Waals surface area contributed by atoms with Gasteiger partial charge in [-0.2, -0.15) is 13.2 Å². The van der Waals surface area contributed by atoms with Gasteiger partial charge in [0.2, 0.25) is 0 Å². The SMILES string of the molecule is Cc1ccc(C2=NC(NC(=O)c3ccc(F)cc3)(C(F)(F)F)C(=O)N2)cc1. The van der Waals surface area contributed by atoms with Gasteiger partial charge in [0.15, 0.2) is 0 Å². The summed E-state index contributed by atoms with van der Waals surface area (Å²) in [6.07, 6.45) is -5.20. The Hall–Kier alpha value is -3.23. The van der Waals surface area contributed by atoms with Crippen LogP contribution in [-0.4, -0.2) is 29.5 Å². The number of aliphatic imine (C=N–C) groups is 1. The molecule has 1 atom stereocenters. The molecule has 0 bridgehead atoms. The number of hydrogen-bond acceptors (Lipinski definition) is 3. The number of nitrogens with zero attached hydrogens (tertiary/aromatic N) is 1. The topological polar surface area (TPSA) is 70.6 Å². The lowest BCUT2D eigenvalue weighted by Crippen LogP contribution is -2.63. The number of alkyl halides is 3. The first-order valence-electron chi connectivity index (χ1n) is 7.75. The third kappa shape index (κ3) is 3.40. The summed E-state index contributed by atoms with van der Waals surface area (Å²) in [5, 5.41) is 3.71. The molecular formula is C18H13F4N3O2. The first-order valence-corrected chi connectivity index (χ1v) is 7.75. The highest BCUT2D eigenvalue weighted by Crippen LogP contribution is 2.35. The van der Waals surface area contributed by atoms with Gasteiger partial charge in [-0.05, 0) is 31.2 Å². The zero-order valence-electron chi connectivity index (χ0n) is 13.9. The van der Waals surface area contributed by atoms with Gasteiger partial charge in [-0.1, -0.05) is 29.8 Å². The van der Waals surface area contributed by atoms with Crippen molar-refractivity contribution in [1.29, 1.82) is 0 Å². The van der Waals surface area contributed by atoms with Crippen molar-refractivity contribution < 1.29 is 27.2 Å². The standard InChI is InChI=1S/C18H13F4N3O2/c1-10-2-4-11(5-3-10)14-23-16(27)17(24-14,18(20,21)22)25-15(26)12-6-8-13(19)9-7-12/h2-9H,1H3,(H,25,26)(H,23,24,27). The van der Waals surface area contributed by atoms with E-state index in [1.165, 1.54) is 12.1 Å². The van der Waals surface area contributed by atoms with Crippen molar-refractivity contribution in [2.75, 3.05) is 0 Å². The quantitative estimate of drug-likeness (QED) is 0.805. The fraction of sp³-hybridized carbons (Fsp3) is 0.167. The first-order chi connectivity index (χ1) is 12.6. The number of aryl methyl sites for hydroxylation is 1. The molecule has 2 aromatic rings. The van der Waals surface area contributed by atoms with Crippen LogP contribution in [0.25, 0.3) is 0 Å². The number of nitrogens with one attached hydrogen (secondary N) is 2. The highest BCUT2D eigenvalue weighted by molar-refractivity contribution is 6.16. The van der Waals surface area contributed by atoms with Crippen molar-refractivity contribution in [1.82, 2.24) is 10.6 Å². The molecule has 9 heteroatoms. The van der Waals surface area contributed by atoms with Crippen molar-refractivity contribution in [3.05, 3.63) is 71.0 Å². The fourth-order valence-corrected chi connectivity index (χ4v) is 2.48. The van der Waals surface area contributed by atoms with E-state index in [4.69, 9.17) is 0 Å². The van der Waals surface area contributed by atoms with E-state index in [-0.39, 0.29) is 17.0 Å². The van der Waals surface area contributed by atoms with E-state index in [1.54, 1.807) is 24.4 Å². The molecule has 1 aliphatic rings. The zero-order valence-corrected chi connectivity index (χ0v) is 13.9. The summed E-state index contributed by atoms with van der Waals surface area (Å²) in [7, 11) is 0. The predicted molar refractivity (Wildman–Crippen MR) is 88.5 cm³/mol. The maximum Gasteiger partial charge on any atom is 0.442 e. The summed E-state index contributed by atoms with van der Waals surface area (Å²) in [5.74, 6) is -3.70. The lowest BCUT2D eigenvalue weighted by molar-refractivity contribution is -0.192. The van der Waals surface area contributed by atoms with Crippen LogP contribution in [0.5, 0.6) is 0 Å². The van der Waals surface area contributed by atoms with Crippen molar-refractivity contribution in [3.8, 4) is 0 Å². The van der Waals surface area contributed by atoms with Gasteiger partial charge in [-0.15, -0.1) is 0 Å². The third-order valence-corrected chi connectivity index (χ3v) is 3.98. The zero-order chi connectivity index (χ0) is 19.8. The molecule has 1 unspecified atom stereocenters. The average molecular weight is 379 g/mol. The van der Waals surface area contributed by atoms with Gasteiger partial charge < -0.3 is 10.6 Å². The van der Waals surface area contributed by atoms with E-state index in [0.717, 1.165) is 29.8 Å². The summed E-state index contributed by atoms with van der Waals surface area (Å²) < 4.78 is 54.1. The molecular weight excluding hydrogens is 366 g/mol. The van der Waals surface area contributed by atoms with Crippen LogP contribution in [0.1, 0.15) is 21.5 Å². The number of amides is 2. The van der Waals surface area contributed by atoms with Crippen LogP contribution in [-0.2, 0) is 4.79 Å². The van der Waals surface area contributed by atoms with Crippen LogP contribution in [0.4, 0.5) is 17.6 Å². The Labute approximate surface area is 151 Å². The maximum atomic E-state index is 13.7. The molecule has 140 valence electrons. The molecule has 0 fully saturated rings. The second-order valence-corrected chi connectivity index (χ2v) is 5.95. The van der Waals surface area contributed by atoms with E-state index >= 15 is 0 Å². The van der Waals surface area contributed by atoms with Crippen molar-refractivity contribution in [2.45, 2.75) is 18.8 Å². The van der Waals surface area contributed by atoms with Crippen LogP contribution in [0.15, 0.2) is 53.5 Å². The minimum atomic E-state index is -5.20. The molecule has 27 heavy (non-hydrogen) atoms. The molecule has 0 radical (unpaired) electrons. The molecule has 3 rings (SSSR count). The van der Waals surface area contributed by atoms with Gasteiger partial charge in [0.05, 0.1) is 0 Å². The number of carbonyl (C=O) groups is 2. The lowest BCUT2D eigenvalue weighted by atomic mass is 10.1. The molecule has 1 heterocycles. The highest BCUT2D eigenvalue weighted by atomic mass is 19.4. The van der Waals surface area contributed by atoms with Gasteiger partial charge in [-0.25, -0.2) is 9.38 Å². The lowest BCUT2D eigenvalue weighted by Gasteiger charge is -2.27. The van der Waals surface area contributed by atoms with Gasteiger partial charge in [0.1, 0.15) is 11.7 Å². The van der Waals surface area contributed by atoms with E-state index in [0.29, 0.717) is 0 Å². The summed E-state index contributed by atoms with van der Waals surface area (Å²) in [5.41, 5.74) is -2.59. The molecule has 0 aromatic heterocycles. The molecule has 2 N–H and O–H groups in total. The molecule has 0 saturated heterocycles. The second kappa shape index (κ2) is 6.49. The molecule has 5 nitrogen and oxygen atoms in total. The second-order valence-electron chi connectivity index (χ2n) is 5.95. The molecule has 1 aliphatic heterocycles.